The topological polar surface area (TPSA) is 12.0 Å². The van der Waals surface area contributed by atoms with Crippen molar-refractivity contribution in [1.82, 2.24) is 5.32 Å². The SMILES string of the molecule is CC1=CNC(C2CCC2)C(C)CC1. The van der Waals surface area contributed by atoms with Crippen LogP contribution in [0.1, 0.15) is 46.0 Å². The van der Waals surface area contributed by atoms with Crippen molar-refractivity contribution in [2.75, 3.05) is 0 Å². The van der Waals surface area contributed by atoms with Crippen molar-refractivity contribution < 1.29 is 0 Å². The molecule has 0 bridgehead atoms. The number of rotatable bonds is 1. The number of nitrogens with one attached hydrogen (secondary N) is 1. The first-order valence-electron chi connectivity index (χ1n) is 5.69. The van der Waals surface area contributed by atoms with E-state index in [-0.39, 0.29) is 0 Å². The van der Waals surface area contributed by atoms with Gasteiger partial charge in [0, 0.05) is 6.04 Å². The van der Waals surface area contributed by atoms with Gasteiger partial charge in [-0.2, -0.15) is 0 Å². The molecule has 0 spiro atoms. The molecule has 1 aliphatic carbocycles. The summed E-state index contributed by atoms with van der Waals surface area (Å²) in [5.41, 5.74) is 1.52. The number of hydrogen-bond acceptors (Lipinski definition) is 1. The summed E-state index contributed by atoms with van der Waals surface area (Å²) < 4.78 is 0. The van der Waals surface area contributed by atoms with Gasteiger partial charge in [-0.05, 0) is 50.6 Å². The minimum atomic E-state index is 0.770. The van der Waals surface area contributed by atoms with Gasteiger partial charge in [-0.25, -0.2) is 0 Å². The Morgan fingerprint density at radius 3 is 2.69 bits per heavy atom. The van der Waals surface area contributed by atoms with Gasteiger partial charge in [-0.1, -0.05) is 18.9 Å². The molecule has 0 amide bonds. The standard InChI is InChI=1S/C12H21N/c1-9-6-7-10(2)12(13-8-9)11-4-3-5-11/h8,10-13H,3-7H2,1-2H3. The quantitative estimate of drug-likeness (QED) is 0.652. The molecule has 2 aliphatic rings. The fourth-order valence-corrected chi connectivity index (χ4v) is 2.51. The molecule has 1 nitrogen and oxygen atoms in total. The van der Waals surface area contributed by atoms with E-state index >= 15 is 0 Å². The van der Waals surface area contributed by atoms with E-state index in [9.17, 15) is 0 Å². The average molecular weight is 179 g/mol. The Morgan fingerprint density at radius 1 is 1.31 bits per heavy atom. The van der Waals surface area contributed by atoms with Crippen molar-refractivity contribution in [2.45, 2.75) is 52.0 Å². The van der Waals surface area contributed by atoms with Crippen molar-refractivity contribution in [3.8, 4) is 0 Å². The Hall–Kier alpha value is -0.460. The zero-order valence-electron chi connectivity index (χ0n) is 8.84. The molecule has 1 heterocycles. The molecule has 0 aromatic carbocycles. The van der Waals surface area contributed by atoms with Crippen LogP contribution in [-0.4, -0.2) is 6.04 Å². The van der Waals surface area contributed by atoms with Crippen LogP contribution in [0.3, 0.4) is 0 Å². The minimum Gasteiger partial charge on any atom is -0.388 e. The summed E-state index contributed by atoms with van der Waals surface area (Å²) in [7, 11) is 0. The van der Waals surface area contributed by atoms with Crippen molar-refractivity contribution in [1.29, 1.82) is 0 Å². The second kappa shape index (κ2) is 3.73. The van der Waals surface area contributed by atoms with Crippen molar-refractivity contribution >= 4 is 0 Å². The molecular weight excluding hydrogens is 158 g/mol. The fraction of sp³-hybridized carbons (Fsp3) is 0.833. The highest BCUT2D eigenvalue weighted by Gasteiger charge is 2.31. The molecule has 0 aromatic heterocycles. The molecule has 0 aromatic rings. The summed E-state index contributed by atoms with van der Waals surface area (Å²) in [4.78, 5) is 0. The van der Waals surface area contributed by atoms with Crippen molar-refractivity contribution in [3.63, 3.8) is 0 Å². The highest BCUT2D eigenvalue weighted by atomic mass is 14.9. The molecular formula is C12H21N. The lowest BCUT2D eigenvalue weighted by Gasteiger charge is -2.37. The van der Waals surface area contributed by atoms with Gasteiger partial charge >= 0.3 is 0 Å². The molecule has 1 fully saturated rings. The van der Waals surface area contributed by atoms with Crippen LogP contribution in [0.15, 0.2) is 11.8 Å². The van der Waals surface area contributed by atoms with Crippen LogP contribution in [0, 0.1) is 11.8 Å². The summed E-state index contributed by atoms with van der Waals surface area (Å²) in [6, 6.07) is 0.770. The van der Waals surface area contributed by atoms with Crippen molar-refractivity contribution in [2.24, 2.45) is 11.8 Å². The van der Waals surface area contributed by atoms with Gasteiger partial charge in [-0.15, -0.1) is 0 Å². The molecule has 1 heteroatoms. The van der Waals surface area contributed by atoms with E-state index in [0.29, 0.717) is 0 Å². The average Bonchev–Trinajstić information content (AvgIpc) is 2.16. The van der Waals surface area contributed by atoms with Gasteiger partial charge in [-0.3, -0.25) is 0 Å². The van der Waals surface area contributed by atoms with E-state index in [1.807, 2.05) is 0 Å². The number of allylic oxidation sites excluding steroid dienone is 1. The first-order chi connectivity index (χ1) is 6.27. The van der Waals surface area contributed by atoms with E-state index in [1.165, 1.54) is 37.7 Å². The molecule has 1 N–H and O–H groups in total. The lowest BCUT2D eigenvalue weighted by molar-refractivity contribution is 0.192. The van der Waals surface area contributed by atoms with Gasteiger partial charge in [0.05, 0.1) is 0 Å². The summed E-state index contributed by atoms with van der Waals surface area (Å²) >= 11 is 0. The maximum atomic E-state index is 3.62. The largest absolute Gasteiger partial charge is 0.388 e. The van der Waals surface area contributed by atoms with E-state index in [2.05, 4.69) is 25.4 Å². The Labute approximate surface area is 81.6 Å². The van der Waals surface area contributed by atoms with Crippen LogP contribution in [0.25, 0.3) is 0 Å². The molecule has 2 rings (SSSR count). The summed E-state index contributed by atoms with van der Waals surface area (Å²) in [6.45, 7) is 4.64. The lowest BCUT2D eigenvalue weighted by atomic mass is 9.74. The summed E-state index contributed by atoms with van der Waals surface area (Å²) in [5.74, 6) is 1.83. The minimum absolute atomic E-state index is 0.770. The second-order valence-corrected chi connectivity index (χ2v) is 4.89. The maximum absolute atomic E-state index is 3.62. The third-order valence-electron chi connectivity index (χ3n) is 3.79. The molecule has 2 unspecified atom stereocenters. The Morgan fingerprint density at radius 2 is 2.08 bits per heavy atom. The molecule has 2 atom stereocenters. The molecule has 13 heavy (non-hydrogen) atoms. The van der Waals surface area contributed by atoms with Gasteiger partial charge in [0.15, 0.2) is 0 Å². The van der Waals surface area contributed by atoms with Crippen LogP contribution in [0.4, 0.5) is 0 Å². The van der Waals surface area contributed by atoms with Crippen LogP contribution >= 0.6 is 0 Å². The smallest absolute Gasteiger partial charge is 0.0309 e. The van der Waals surface area contributed by atoms with Crippen LogP contribution in [-0.2, 0) is 0 Å². The first kappa shape index (κ1) is 9.11. The molecule has 1 saturated carbocycles. The highest BCUT2D eigenvalue weighted by Crippen LogP contribution is 2.35. The Balaban J connectivity index is 1.98. The molecule has 74 valence electrons. The van der Waals surface area contributed by atoms with Gasteiger partial charge in [0.1, 0.15) is 0 Å². The molecule has 1 aliphatic heterocycles. The first-order valence-corrected chi connectivity index (χ1v) is 5.69. The summed E-state index contributed by atoms with van der Waals surface area (Å²) in [6.07, 6.45) is 9.28. The van der Waals surface area contributed by atoms with Gasteiger partial charge in [0.2, 0.25) is 0 Å². The van der Waals surface area contributed by atoms with E-state index in [0.717, 1.165) is 17.9 Å². The Kier molecular flexibility index (Phi) is 2.61. The monoisotopic (exact) mass is 179 g/mol. The van der Waals surface area contributed by atoms with Gasteiger partial charge in [0.25, 0.3) is 0 Å². The van der Waals surface area contributed by atoms with Crippen molar-refractivity contribution in [3.05, 3.63) is 11.8 Å². The zero-order chi connectivity index (χ0) is 9.26. The highest BCUT2D eigenvalue weighted by molar-refractivity contribution is 5.03. The maximum Gasteiger partial charge on any atom is 0.0309 e. The zero-order valence-corrected chi connectivity index (χ0v) is 8.84. The second-order valence-electron chi connectivity index (χ2n) is 4.89. The lowest BCUT2D eigenvalue weighted by Crippen LogP contribution is -2.41. The predicted octanol–water partition coefficient (Wildman–Crippen LogP) is 3.08. The van der Waals surface area contributed by atoms with Crippen LogP contribution in [0.2, 0.25) is 0 Å². The number of hydrogen-bond donors (Lipinski definition) is 1. The van der Waals surface area contributed by atoms with E-state index in [1.54, 1.807) is 0 Å². The van der Waals surface area contributed by atoms with Crippen LogP contribution < -0.4 is 5.32 Å². The van der Waals surface area contributed by atoms with E-state index < -0.39 is 0 Å². The third-order valence-corrected chi connectivity index (χ3v) is 3.79. The predicted molar refractivity (Wildman–Crippen MR) is 56.4 cm³/mol. The fourth-order valence-electron chi connectivity index (χ4n) is 2.51. The van der Waals surface area contributed by atoms with Gasteiger partial charge < -0.3 is 5.32 Å². The molecule has 0 radical (unpaired) electrons. The van der Waals surface area contributed by atoms with Crippen LogP contribution in [0.5, 0.6) is 0 Å². The normalized spacial score (nSPS) is 35.7. The van der Waals surface area contributed by atoms with E-state index in [4.69, 9.17) is 0 Å². The third kappa shape index (κ3) is 1.90. The summed E-state index contributed by atoms with van der Waals surface area (Å²) in [5, 5.41) is 3.62. The Bertz CT molecular complexity index is 203. The molecule has 0 saturated heterocycles.